The summed E-state index contributed by atoms with van der Waals surface area (Å²) >= 11 is 0. The molecule has 4 rings (SSSR count). The van der Waals surface area contributed by atoms with E-state index in [4.69, 9.17) is 0 Å². The Morgan fingerprint density at radius 3 is 2.62 bits per heavy atom. The van der Waals surface area contributed by atoms with E-state index in [0.29, 0.717) is 11.2 Å². The number of nitrogens with one attached hydrogen (secondary N) is 1. The molecule has 0 atom stereocenters. The molecule has 2 aliphatic carbocycles. The van der Waals surface area contributed by atoms with E-state index in [9.17, 15) is 9.18 Å². The Balaban J connectivity index is 1.54. The Morgan fingerprint density at radius 2 is 1.96 bits per heavy atom. The summed E-state index contributed by atoms with van der Waals surface area (Å²) in [5.74, 6) is -0.578. The van der Waals surface area contributed by atoms with Crippen molar-refractivity contribution in [2.45, 2.75) is 32.6 Å². The number of amides is 1. The number of benzene rings is 1. The smallest absolute Gasteiger partial charge is 0.259 e. The van der Waals surface area contributed by atoms with Crippen molar-refractivity contribution in [2.24, 2.45) is 5.41 Å². The van der Waals surface area contributed by atoms with Crippen LogP contribution in [-0.4, -0.2) is 10.9 Å². The van der Waals surface area contributed by atoms with Crippen LogP contribution < -0.4 is 5.32 Å². The number of allylic oxidation sites excluding steroid dienone is 2. The third-order valence-electron chi connectivity index (χ3n) is 5.20. The Hall–Kier alpha value is -2.49. The van der Waals surface area contributed by atoms with Gasteiger partial charge in [-0.3, -0.25) is 4.79 Å². The minimum atomic E-state index is -0.533. The molecule has 1 aromatic heterocycles. The summed E-state index contributed by atoms with van der Waals surface area (Å²) in [6.07, 6.45) is 6.78. The summed E-state index contributed by atoms with van der Waals surface area (Å²) in [5, 5.41) is 2.66. The number of hydrogen-bond acceptors (Lipinski definition) is 2. The summed E-state index contributed by atoms with van der Waals surface area (Å²) in [5.41, 5.74) is 4.46. The van der Waals surface area contributed by atoms with Gasteiger partial charge in [0.25, 0.3) is 5.91 Å². The van der Waals surface area contributed by atoms with E-state index in [-0.39, 0.29) is 5.56 Å². The van der Waals surface area contributed by atoms with Gasteiger partial charge in [-0.1, -0.05) is 17.7 Å². The predicted molar refractivity (Wildman–Crippen MR) is 92.1 cm³/mol. The SMILES string of the molecule is CC1=C(c2ccc(NC(=O)c3ccccc3F)nc2)C2(CC1)CC2. The largest absolute Gasteiger partial charge is 0.306 e. The Morgan fingerprint density at radius 1 is 1.17 bits per heavy atom. The van der Waals surface area contributed by atoms with Gasteiger partial charge in [0.15, 0.2) is 0 Å². The van der Waals surface area contributed by atoms with Crippen LogP contribution in [-0.2, 0) is 0 Å². The quantitative estimate of drug-likeness (QED) is 0.880. The molecule has 1 amide bonds. The summed E-state index contributed by atoms with van der Waals surface area (Å²) < 4.78 is 13.7. The first-order valence-electron chi connectivity index (χ1n) is 8.32. The van der Waals surface area contributed by atoms with Crippen LogP contribution in [0, 0.1) is 11.2 Å². The van der Waals surface area contributed by atoms with Gasteiger partial charge in [0.05, 0.1) is 5.56 Å². The molecule has 0 unspecified atom stereocenters. The highest BCUT2D eigenvalue weighted by Gasteiger charge is 2.49. The molecule has 2 aromatic rings. The number of anilines is 1. The lowest BCUT2D eigenvalue weighted by Crippen LogP contribution is -2.14. The minimum absolute atomic E-state index is 0.0228. The first-order valence-corrected chi connectivity index (χ1v) is 8.32. The van der Waals surface area contributed by atoms with Crippen LogP contribution >= 0.6 is 0 Å². The molecular weight excluding hydrogens is 303 g/mol. The molecule has 0 radical (unpaired) electrons. The average Bonchev–Trinajstić information content (AvgIpc) is 3.28. The van der Waals surface area contributed by atoms with Gasteiger partial charge in [0, 0.05) is 6.20 Å². The van der Waals surface area contributed by atoms with Crippen LogP contribution in [0.5, 0.6) is 0 Å². The maximum Gasteiger partial charge on any atom is 0.259 e. The fraction of sp³-hybridized carbons (Fsp3) is 0.300. The Kier molecular flexibility index (Phi) is 3.48. The number of rotatable bonds is 3. The second kappa shape index (κ2) is 5.55. The first kappa shape index (κ1) is 15.1. The van der Waals surface area contributed by atoms with Crippen LogP contribution in [0.3, 0.4) is 0 Å². The molecule has 1 aromatic carbocycles. The molecule has 24 heavy (non-hydrogen) atoms. The van der Waals surface area contributed by atoms with Crippen molar-refractivity contribution in [1.29, 1.82) is 0 Å². The van der Waals surface area contributed by atoms with Crippen LogP contribution in [0.1, 0.15) is 48.5 Å². The summed E-state index contributed by atoms with van der Waals surface area (Å²) in [6, 6.07) is 9.73. The molecule has 0 aliphatic heterocycles. The number of pyridine rings is 1. The molecule has 122 valence electrons. The summed E-state index contributed by atoms with van der Waals surface area (Å²) in [6.45, 7) is 2.20. The molecule has 4 heteroatoms. The van der Waals surface area contributed by atoms with E-state index < -0.39 is 11.7 Å². The van der Waals surface area contributed by atoms with Crippen molar-refractivity contribution in [1.82, 2.24) is 4.98 Å². The highest BCUT2D eigenvalue weighted by atomic mass is 19.1. The van der Waals surface area contributed by atoms with Crippen molar-refractivity contribution >= 4 is 17.3 Å². The molecule has 1 N–H and O–H groups in total. The van der Waals surface area contributed by atoms with Gasteiger partial charge in [0.1, 0.15) is 11.6 Å². The highest BCUT2D eigenvalue weighted by molar-refractivity contribution is 6.03. The van der Waals surface area contributed by atoms with Gasteiger partial charge in [-0.05, 0) is 73.4 Å². The molecule has 1 saturated carbocycles. The van der Waals surface area contributed by atoms with Crippen LogP contribution in [0.15, 0.2) is 48.2 Å². The topological polar surface area (TPSA) is 42.0 Å². The minimum Gasteiger partial charge on any atom is -0.306 e. The predicted octanol–water partition coefficient (Wildman–Crippen LogP) is 4.82. The zero-order valence-corrected chi connectivity index (χ0v) is 13.6. The number of halogens is 1. The van der Waals surface area contributed by atoms with Crippen LogP contribution in [0.25, 0.3) is 5.57 Å². The second-order valence-electron chi connectivity index (χ2n) is 6.80. The zero-order chi connectivity index (χ0) is 16.7. The third kappa shape index (κ3) is 2.52. The van der Waals surface area contributed by atoms with Gasteiger partial charge < -0.3 is 5.32 Å². The lowest BCUT2D eigenvalue weighted by atomic mass is 9.92. The Labute approximate surface area is 140 Å². The molecule has 2 aliphatic rings. The number of nitrogens with zero attached hydrogens (tertiary/aromatic N) is 1. The van der Waals surface area contributed by atoms with Gasteiger partial charge in [0.2, 0.25) is 0 Å². The van der Waals surface area contributed by atoms with Crippen molar-refractivity contribution in [2.75, 3.05) is 5.32 Å². The monoisotopic (exact) mass is 322 g/mol. The van der Waals surface area contributed by atoms with Crippen molar-refractivity contribution < 1.29 is 9.18 Å². The third-order valence-corrected chi connectivity index (χ3v) is 5.20. The highest BCUT2D eigenvalue weighted by Crippen LogP contribution is 2.63. The van der Waals surface area contributed by atoms with E-state index in [1.807, 2.05) is 12.3 Å². The van der Waals surface area contributed by atoms with E-state index in [1.54, 1.807) is 18.2 Å². The second-order valence-corrected chi connectivity index (χ2v) is 6.80. The fourth-order valence-corrected chi connectivity index (χ4v) is 3.78. The Bertz CT molecular complexity index is 835. The fourth-order valence-electron chi connectivity index (χ4n) is 3.78. The lowest BCUT2D eigenvalue weighted by molar-refractivity contribution is 0.102. The van der Waals surface area contributed by atoms with E-state index in [1.165, 1.54) is 49.0 Å². The zero-order valence-electron chi connectivity index (χ0n) is 13.6. The normalized spacial score (nSPS) is 18.1. The van der Waals surface area contributed by atoms with Gasteiger partial charge >= 0.3 is 0 Å². The van der Waals surface area contributed by atoms with Gasteiger partial charge in [-0.2, -0.15) is 0 Å². The maximum atomic E-state index is 13.7. The van der Waals surface area contributed by atoms with E-state index in [2.05, 4.69) is 17.2 Å². The van der Waals surface area contributed by atoms with E-state index >= 15 is 0 Å². The molecule has 0 bridgehead atoms. The van der Waals surface area contributed by atoms with Crippen molar-refractivity contribution in [3.8, 4) is 0 Å². The van der Waals surface area contributed by atoms with Gasteiger partial charge in [-0.25, -0.2) is 9.37 Å². The summed E-state index contributed by atoms with van der Waals surface area (Å²) in [7, 11) is 0. The van der Waals surface area contributed by atoms with Gasteiger partial charge in [-0.15, -0.1) is 0 Å². The molecule has 1 fully saturated rings. The average molecular weight is 322 g/mol. The van der Waals surface area contributed by atoms with Crippen LogP contribution in [0.2, 0.25) is 0 Å². The molecule has 1 spiro atoms. The van der Waals surface area contributed by atoms with Crippen molar-refractivity contribution in [3.05, 3.63) is 65.1 Å². The molecule has 3 nitrogen and oxygen atoms in total. The lowest BCUT2D eigenvalue weighted by Gasteiger charge is -2.14. The number of carbonyl (C=O) groups excluding carboxylic acids is 1. The molecular formula is C20H19FN2O. The number of hydrogen-bond donors (Lipinski definition) is 1. The van der Waals surface area contributed by atoms with E-state index in [0.717, 1.165) is 5.56 Å². The summed E-state index contributed by atoms with van der Waals surface area (Å²) in [4.78, 5) is 16.5. The number of carbonyl (C=O) groups is 1. The van der Waals surface area contributed by atoms with Crippen LogP contribution in [0.4, 0.5) is 10.2 Å². The maximum absolute atomic E-state index is 13.7. The van der Waals surface area contributed by atoms with Crippen molar-refractivity contribution in [3.63, 3.8) is 0 Å². The molecule has 0 saturated heterocycles. The number of aromatic nitrogens is 1. The first-order chi connectivity index (χ1) is 11.6. The standard InChI is InChI=1S/C20H19FN2O/c1-13-8-9-20(10-11-20)18(13)14-6-7-17(22-12-14)23-19(24)15-4-2-3-5-16(15)21/h2-7,12H,8-11H2,1H3,(H,22,23,24). The molecule has 1 heterocycles.